The Hall–Kier alpha value is -1.23. The number of ketones is 1. The highest BCUT2D eigenvalue weighted by molar-refractivity contribution is 7.19. The number of ether oxygens (including phenoxy) is 1. The lowest BCUT2D eigenvalue weighted by Gasteiger charge is -2.22. The number of nitrogens with zero attached hydrogens (tertiary/aromatic N) is 1. The summed E-state index contributed by atoms with van der Waals surface area (Å²) in [7, 11) is 1.61. The molecule has 20 heavy (non-hydrogen) atoms. The molecule has 5 heteroatoms. The van der Waals surface area contributed by atoms with Crippen molar-refractivity contribution in [3.63, 3.8) is 0 Å². The molecule has 0 atom stereocenters. The van der Waals surface area contributed by atoms with Crippen molar-refractivity contribution in [1.82, 2.24) is 0 Å². The van der Waals surface area contributed by atoms with Gasteiger partial charge in [-0.25, -0.2) is 0 Å². The van der Waals surface area contributed by atoms with Crippen LogP contribution in [-0.4, -0.2) is 26.0 Å². The zero-order valence-electron chi connectivity index (χ0n) is 13.2. The number of hydrogen-bond donors (Lipinski definition) is 1. The van der Waals surface area contributed by atoms with Gasteiger partial charge in [0.1, 0.15) is 5.00 Å². The molecule has 0 aromatic carbocycles. The van der Waals surface area contributed by atoms with Gasteiger partial charge < -0.3 is 15.4 Å². The quantitative estimate of drug-likeness (QED) is 0.742. The van der Waals surface area contributed by atoms with Crippen LogP contribution in [0.3, 0.4) is 0 Å². The van der Waals surface area contributed by atoms with Crippen molar-refractivity contribution in [3.8, 4) is 5.75 Å². The molecule has 0 bridgehead atoms. The van der Waals surface area contributed by atoms with Crippen LogP contribution in [-0.2, 0) is 0 Å². The van der Waals surface area contributed by atoms with Crippen LogP contribution in [0.25, 0.3) is 0 Å². The molecule has 0 amide bonds. The maximum absolute atomic E-state index is 12.2. The fraction of sp³-hybridized carbons (Fsp3) is 0.667. The second kappa shape index (κ2) is 7.53. The number of nitrogen functional groups attached to an aromatic ring is 1. The molecule has 0 aliphatic heterocycles. The fourth-order valence-electron chi connectivity index (χ4n) is 2.02. The summed E-state index contributed by atoms with van der Waals surface area (Å²) in [5, 5.41) is 0.977. The molecule has 0 spiro atoms. The average molecular weight is 298 g/mol. The van der Waals surface area contributed by atoms with E-state index in [0.717, 1.165) is 30.9 Å². The molecular weight excluding hydrogens is 272 g/mol. The van der Waals surface area contributed by atoms with Crippen LogP contribution in [0.2, 0.25) is 0 Å². The van der Waals surface area contributed by atoms with E-state index in [1.54, 1.807) is 7.11 Å². The van der Waals surface area contributed by atoms with E-state index >= 15 is 0 Å². The van der Waals surface area contributed by atoms with Crippen molar-refractivity contribution in [2.24, 2.45) is 5.92 Å². The number of carbonyl (C=O) groups is 1. The Kier molecular flexibility index (Phi) is 6.33. The third-order valence-corrected chi connectivity index (χ3v) is 4.55. The number of unbranched alkanes of at least 4 members (excludes halogenated alkanes) is 1. The van der Waals surface area contributed by atoms with Gasteiger partial charge in [-0.15, -0.1) is 11.3 Å². The van der Waals surface area contributed by atoms with E-state index in [1.165, 1.54) is 11.3 Å². The third kappa shape index (κ3) is 3.45. The lowest BCUT2D eigenvalue weighted by molar-refractivity contribution is 0.0944. The van der Waals surface area contributed by atoms with Gasteiger partial charge in [0.2, 0.25) is 0 Å². The lowest BCUT2D eigenvalue weighted by Crippen LogP contribution is -2.23. The van der Waals surface area contributed by atoms with E-state index in [2.05, 4.69) is 18.7 Å². The first kappa shape index (κ1) is 16.8. The van der Waals surface area contributed by atoms with Gasteiger partial charge in [-0.3, -0.25) is 4.79 Å². The second-order valence-electron chi connectivity index (χ2n) is 5.14. The molecule has 1 rings (SSSR count). The number of Topliss-reactive ketones (excluding diaryl/α,β-unsaturated/α-hetero) is 1. The number of nitrogens with two attached hydrogens (primary N) is 1. The Morgan fingerprint density at radius 1 is 1.40 bits per heavy atom. The molecular formula is C15H26N2O2S. The SMILES string of the molecule is CCCCN(CC)c1sc(C(=O)C(C)C)c(N)c1OC. The summed E-state index contributed by atoms with van der Waals surface area (Å²) < 4.78 is 5.44. The van der Waals surface area contributed by atoms with Gasteiger partial charge in [0.05, 0.1) is 17.7 Å². The van der Waals surface area contributed by atoms with E-state index in [4.69, 9.17) is 10.5 Å². The van der Waals surface area contributed by atoms with Gasteiger partial charge >= 0.3 is 0 Å². The Balaban J connectivity index is 3.18. The highest BCUT2D eigenvalue weighted by Crippen LogP contribution is 2.45. The van der Waals surface area contributed by atoms with Gasteiger partial charge in [0.15, 0.2) is 11.5 Å². The summed E-state index contributed by atoms with van der Waals surface area (Å²) in [4.78, 5) is 15.1. The van der Waals surface area contributed by atoms with Gasteiger partial charge in [0.25, 0.3) is 0 Å². The van der Waals surface area contributed by atoms with E-state index in [9.17, 15) is 4.79 Å². The van der Waals surface area contributed by atoms with Crippen LogP contribution in [0.15, 0.2) is 0 Å². The largest absolute Gasteiger partial charge is 0.492 e. The first-order valence-corrected chi connectivity index (χ1v) is 8.04. The van der Waals surface area contributed by atoms with Crippen molar-refractivity contribution in [2.45, 2.75) is 40.5 Å². The second-order valence-corrected chi connectivity index (χ2v) is 6.13. The van der Waals surface area contributed by atoms with E-state index in [0.29, 0.717) is 16.3 Å². The molecule has 0 aliphatic rings. The lowest BCUT2D eigenvalue weighted by atomic mass is 10.1. The Morgan fingerprint density at radius 2 is 2.05 bits per heavy atom. The number of hydrogen-bond acceptors (Lipinski definition) is 5. The molecule has 2 N–H and O–H groups in total. The zero-order valence-corrected chi connectivity index (χ0v) is 14.0. The molecule has 0 radical (unpaired) electrons. The Bertz CT molecular complexity index is 455. The Morgan fingerprint density at radius 3 is 2.50 bits per heavy atom. The topological polar surface area (TPSA) is 55.6 Å². The highest BCUT2D eigenvalue weighted by atomic mass is 32.1. The smallest absolute Gasteiger partial charge is 0.177 e. The van der Waals surface area contributed by atoms with Crippen molar-refractivity contribution in [2.75, 3.05) is 30.8 Å². The maximum Gasteiger partial charge on any atom is 0.177 e. The van der Waals surface area contributed by atoms with Crippen LogP contribution < -0.4 is 15.4 Å². The minimum Gasteiger partial charge on any atom is -0.492 e. The van der Waals surface area contributed by atoms with E-state index in [1.807, 2.05) is 13.8 Å². The fourth-order valence-corrected chi connectivity index (χ4v) is 3.39. The van der Waals surface area contributed by atoms with E-state index < -0.39 is 0 Å². The molecule has 0 saturated heterocycles. The molecule has 1 aromatic rings. The molecule has 1 heterocycles. The van der Waals surface area contributed by atoms with Crippen LogP contribution in [0.5, 0.6) is 5.75 Å². The standard InChI is InChI=1S/C15H26N2O2S/c1-6-8-9-17(7-2)15-13(19-5)11(16)14(20-15)12(18)10(3)4/h10H,6-9,16H2,1-5H3. The van der Waals surface area contributed by atoms with Gasteiger partial charge in [-0.1, -0.05) is 27.2 Å². The summed E-state index contributed by atoms with van der Waals surface area (Å²) >= 11 is 1.46. The molecule has 1 aromatic heterocycles. The van der Waals surface area contributed by atoms with Crippen molar-refractivity contribution in [1.29, 1.82) is 0 Å². The number of methoxy groups -OCH3 is 1. The molecule has 0 fully saturated rings. The van der Waals surface area contributed by atoms with Crippen LogP contribution in [0.4, 0.5) is 10.7 Å². The summed E-state index contributed by atoms with van der Waals surface area (Å²) in [5.41, 5.74) is 6.60. The summed E-state index contributed by atoms with van der Waals surface area (Å²) in [6.07, 6.45) is 2.25. The summed E-state index contributed by atoms with van der Waals surface area (Å²) in [6.45, 7) is 9.89. The summed E-state index contributed by atoms with van der Waals surface area (Å²) in [6, 6.07) is 0. The summed E-state index contributed by atoms with van der Waals surface area (Å²) in [5.74, 6) is 0.680. The highest BCUT2D eigenvalue weighted by Gasteiger charge is 2.25. The molecule has 114 valence electrons. The van der Waals surface area contributed by atoms with Crippen LogP contribution in [0.1, 0.15) is 50.2 Å². The minimum atomic E-state index is -0.0563. The van der Waals surface area contributed by atoms with Gasteiger partial charge in [0, 0.05) is 19.0 Å². The third-order valence-electron chi connectivity index (χ3n) is 3.29. The van der Waals surface area contributed by atoms with Crippen molar-refractivity contribution < 1.29 is 9.53 Å². The zero-order chi connectivity index (χ0) is 15.3. The van der Waals surface area contributed by atoms with Gasteiger partial charge in [-0.2, -0.15) is 0 Å². The van der Waals surface area contributed by atoms with Crippen molar-refractivity contribution in [3.05, 3.63) is 4.88 Å². The Labute approximate surface area is 125 Å². The number of thiophene rings is 1. The number of rotatable bonds is 8. The van der Waals surface area contributed by atoms with Gasteiger partial charge in [-0.05, 0) is 13.3 Å². The predicted octanol–water partition coefficient (Wildman–Crippen LogP) is 3.80. The molecule has 0 unspecified atom stereocenters. The first-order chi connectivity index (χ1) is 9.47. The predicted molar refractivity (Wildman–Crippen MR) is 87.2 cm³/mol. The number of carbonyl (C=O) groups excluding carboxylic acids is 1. The first-order valence-electron chi connectivity index (χ1n) is 7.23. The normalized spacial score (nSPS) is 10.9. The molecule has 0 aliphatic carbocycles. The van der Waals surface area contributed by atoms with Crippen LogP contribution in [0, 0.1) is 5.92 Å². The van der Waals surface area contributed by atoms with Crippen LogP contribution >= 0.6 is 11.3 Å². The van der Waals surface area contributed by atoms with E-state index in [-0.39, 0.29) is 11.7 Å². The van der Waals surface area contributed by atoms with Crippen molar-refractivity contribution >= 4 is 27.8 Å². The maximum atomic E-state index is 12.2. The molecule has 0 saturated carbocycles. The monoisotopic (exact) mass is 298 g/mol. The number of anilines is 2. The average Bonchev–Trinajstić information content (AvgIpc) is 2.75. The minimum absolute atomic E-state index is 0.0563. The molecule has 4 nitrogen and oxygen atoms in total.